The van der Waals surface area contributed by atoms with Gasteiger partial charge in [-0.2, -0.15) is 0 Å². The molecule has 0 saturated carbocycles. The molecular formula is C26H29N3O4S. The van der Waals surface area contributed by atoms with Crippen LogP contribution in [0.25, 0.3) is 0 Å². The van der Waals surface area contributed by atoms with Crippen LogP contribution in [-0.2, 0) is 21.2 Å². The number of ether oxygens (including phenoxy) is 1. The van der Waals surface area contributed by atoms with Gasteiger partial charge in [0.1, 0.15) is 12.3 Å². The smallest absolute Gasteiger partial charge is 0.264 e. The molecule has 0 fully saturated rings. The van der Waals surface area contributed by atoms with Gasteiger partial charge in [0.25, 0.3) is 10.0 Å². The Morgan fingerprint density at radius 3 is 2.44 bits per heavy atom. The molecule has 0 saturated heterocycles. The molecule has 34 heavy (non-hydrogen) atoms. The lowest BCUT2D eigenvalue weighted by molar-refractivity contribution is -0.119. The van der Waals surface area contributed by atoms with Crippen molar-refractivity contribution in [2.45, 2.75) is 17.7 Å². The van der Waals surface area contributed by atoms with Crippen LogP contribution in [0.2, 0.25) is 0 Å². The number of methoxy groups -OCH3 is 1. The summed E-state index contributed by atoms with van der Waals surface area (Å²) in [6, 6.07) is 23.1. The second kappa shape index (κ2) is 10.6. The SMILES string of the molecule is COc1ccc(N(CC(=O)NCCCN2CCc3ccccc32)S(=O)(=O)c2ccccc2)cc1. The molecule has 178 valence electrons. The van der Waals surface area contributed by atoms with Crippen molar-refractivity contribution in [3.8, 4) is 5.75 Å². The number of nitrogens with zero attached hydrogens (tertiary/aromatic N) is 2. The van der Waals surface area contributed by atoms with Gasteiger partial charge < -0.3 is 15.0 Å². The molecule has 0 unspecified atom stereocenters. The minimum absolute atomic E-state index is 0.131. The lowest BCUT2D eigenvalue weighted by Crippen LogP contribution is -2.41. The maximum atomic E-state index is 13.4. The van der Waals surface area contributed by atoms with Crippen molar-refractivity contribution in [2.24, 2.45) is 0 Å². The van der Waals surface area contributed by atoms with E-state index in [0.717, 1.165) is 30.2 Å². The van der Waals surface area contributed by atoms with Crippen molar-refractivity contribution >= 4 is 27.3 Å². The second-order valence-corrected chi connectivity index (χ2v) is 9.95. The van der Waals surface area contributed by atoms with E-state index in [1.165, 1.54) is 23.4 Å². The number of fused-ring (bicyclic) bond motifs is 1. The summed E-state index contributed by atoms with van der Waals surface area (Å²) < 4.78 is 33.0. The van der Waals surface area contributed by atoms with Crippen LogP contribution >= 0.6 is 0 Å². The van der Waals surface area contributed by atoms with E-state index < -0.39 is 10.0 Å². The Labute approximate surface area is 201 Å². The van der Waals surface area contributed by atoms with Gasteiger partial charge in [0.15, 0.2) is 0 Å². The maximum absolute atomic E-state index is 13.4. The summed E-state index contributed by atoms with van der Waals surface area (Å²) in [7, 11) is -2.38. The summed E-state index contributed by atoms with van der Waals surface area (Å²) in [6.07, 6.45) is 1.81. The molecule has 1 aliphatic heterocycles. The Kier molecular flexibility index (Phi) is 7.37. The summed E-state index contributed by atoms with van der Waals surface area (Å²) in [5.41, 5.74) is 3.01. The fourth-order valence-corrected chi connectivity index (χ4v) is 5.55. The number of carbonyl (C=O) groups excluding carboxylic acids is 1. The van der Waals surface area contributed by atoms with Crippen molar-refractivity contribution in [1.29, 1.82) is 0 Å². The number of benzene rings is 3. The molecule has 1 amide bonds. The van der Waals surface area contributed by atoms with E-state index in [9.17, 15) is 13.2 Å². The van der Waals surface area contributed by atoms with Crippen molar-refractivity contribution in [3.05, 3.63) is 84.4 Å². The van der Waals surface area contributed by atoms with Crippen LogP contribution in [0.15, 0.2) is 83.8 Å². The molecule has 0 aromatic heterocycles. The fourth-order valence-electron chi connectivity index (χ4n) is 4.11. The van der Waals surface area contributed by atoms with Gasteiger partial charge in [0, 0.05) is 25.3 Å². The number of amides is 1. The first-order valence-corrected chi connectivity index (χ1v) is 12.7. The molecule has 3 aromatic carbocycles. The van der Waals surface area contributed by atoms with Gasteiger partial charge in [-0.25, -0.2) is 8.42 Å². The van der Waals surface area contributed by atoms with E-state index in [1.807, 2.05) is 6.07 Å². The Hall–Kier alpha value is -3.52. The van der Waals surface area contributed by atoms with Gasteiger partial charge in [0.05, 0.1) is 17.7 Å². The first-order valence-electron chi connectivity index (χ1n) is 11.3. The molecule has 0 atom stereocenters. The molecule has 1 aliphatic rings. The Morgan fingerprint density at radius 1 is 1.00 bits per heavy atom. The topological polar surface area (TPSA) is 79.0 Å². The molecule has 8 heteroatoms. The lowest BCUT2D eigenvalue weighted by atomic mass is 10.2. The highest BCUT2D eigenvalue weighted by Crippen LogP contribution is 2.27. The summed E-state index contributed by atoms with van der Waals surface area (Å²) in [5, 5.41) is 2.88. The monoisotopic (exact) mass is 479 g/mol. The Balaban J connectivity index is 1.40. The summed E-state index contributed by atoms with van der Waals surface area (Å²) >= 11 is 0. The number of sulfonamides is 1. The molecule has 1 N–H and O–H groups in total. The van der Waals surface area contributed by atoms with Gasteiger partial charge in [-0.1, -0.05) is 36.4 Å². The molecule has 0 bridgehead atoms. The van der Waals surface area contributed by atoms with Crippen LogP contribution in [-0.4, -0.2) is 47.6 Å². The fraction of sp³-hybridized carbons (Fsp3) is 0.269. The summed E-state index contributed by atoms with van der Waals surface area (Å²) in [5.74, 6) is 0.255. The molecule has 0 aliphatic carbocycles. The maximum Gasteiger partial charge on any atom is 0.264 e. The van der Waals surface area contributed by atoms with E-state index >= 15 is 0 Å². The number of nitrogens with one attached hydrogen (secondary N) is 1. The van der Waals surface area contributed by atoms with E-state index in [1.54, 1.807) is 49.6 Å². The third-order valence-corrected chi connectivity index (χ3v) is 7.68. The summed E-state index contributed by atoms with van der Waals surface area (Å²) in [4.78, 5) is 15.2. The molecule has 4 rings (SSSR count). The Morgan fingerprint density at radius 2 is 1.71 bits per heavy atom. The number of para-hydroxylation sites is 1. The van der Waals surface area contributed by atoms with Crippen LogP contribution in [0, 0.1) is 0 Å². The van der Waals surface area contributed by atoms with Crippen molar-refractivity contribution in [1.82, 2.24) is 5.32 Å². The third kappa shape index (κ3) is 5.34. The minimum atomic E-state index is -3.92. The zero-order valence-corrected chi connectivity index (χ0v) is 20.0. The van der Waals surface area contributed by atoms with E-state index in [4.69, 9.17) is 4.74 Å². The number of hydrogen-bond acceptors (Lipinski definition) is 5. The van der Waals surface area contributed by atoms with E-state index in [-0.39, 0.29) is 17.3 Å². The number of rotatable bonds is 10. The average Bonchev–Trinajstić information content (AvgIpc) is 3.29. The highest BCUT2D eigenvalue weighted by molar-refractivity contribution is 7.92. The van der Waals surface area contributed by atoms with E-state index in [0.29, 0.717) is 18.0 Å². The lowest BCUT2D eigenvalue weighted by Gasteiger charge is -2.24. The summed E-state index contributed by atoms with van der Waals surface area (Å²) in [6.45, 7) is 1.98. The number of anilines is 2. The largest absolute Gasteiger partial charge is 0.497 e. The molecule has 3 aromatic rings. The van der Waals surface area contributed by atoms with Gasteiger partial charge >= 0.3 is 0 Å². The molecular weight excluding hydrogens is 450 g/mol. The highest BCUT2D eigenvalue weighted by Gasteiger charge is 2.27. The number of hydrogen-bond donors (Lipinski definition) is 1. The van der Waals surface area contributed by atoms with Crippen molar-refractivity contribution < 1.29 is 17.9 Å². The first-order chi connectivity index (χ1) is 16.5. The predicted octanol–water partition coefficient (Wildman–Crippen LogP) is 3.46. The van der Waals surface area contributed by atoms with Crippen molar-refractivity contribution in [3.63, 3.8) is 0 Å². The molecule has 1 heterocycles. The molecule has 7 nitrogen and oxygen atoms in total. The van der Waals surface area contributed by atoms with Crippen LogP contribution < -0.4 is 19.3 Å². The minimum Gasteiger partial charge on any atom is -0.497 e. The van der Waals surface area contributed by atoms with Gasteiger partial charge in [-0.3, -0.25) is 9.10 Å². The average molecular weight is 480 g/mol. The zero-order chi connectivity index (χ0) is 24.0. The van der Waals surface area contributed by atoms with Crippen LogP contribution in [0.1, 0.15) is 12.0 Å². The predicted molar refractivity (Wildman–Crippen MR) is 134 cm³/mol. The van der Waals surface area contributed by atoms with E-state index in [2.05, 4.69) is 28.4 Å². The van der Waals surface area contributed by atoms with Gasteiger partial charge in [-0.05, 0) is 60.9 Å². The van der Waals surface area contributed by atoms with Crippen LogP contribution in [0.4, 0.5) is 11.4 Å². The molecule has 0 spiro atoms. The second-order valence-electron chi connectivity index (χ2n) is 8.09. The number of carbonyl (C=O) groups is 1. The zero-order valence-electron chi connectivity index (χ0n) is 19.2. The van der Waals surface area contributed by atoms with Gasteiger partial charge in [0.2, 0.25) is 5.91 Å². The van der Waals surface area contributed by atoms with Crippen LogP contribution in [0.5, 0.6) is 5.75 Å². The Bertz CT molecular complexity index is 1210. The molecule has 0 radical (unpaired) electrons. The third-order valence-electron chi connectivity index (χ3n) is 5.89. The van der Waals surface area contributed by atoms with Gasteiger partial charge in [-0.15, -0.1) is 0 Å². The normalized spacial score (nSPS) is 12.8. The quantitative estimate of drug-likeness (QED) is 0.451. The van der Waals surface area contributed by atoms with Crippen LogP contribution in [0.3, 0.4) is 0 Å². The first kappa shape index (κ1) is 23.6. The standard InChI is InChI=1S/C26H29N3O4S/c1-33-23-14-12-22(13-15-23)29(34(31,32)24-9-3-2-4-10-24)20-26(30)27-17-7-18-28-19-16-21-8-5-6-11-25(21)28/h2-6,8-15H,7,16-20H2,1H3,(H,27,30). The van der Waals surface area contributed by atoms with Crippen molar-refractivity contribution in [2.75, 3.05) is 42.5 Å². The highest BCUT2D eigenvalue weighted by atomic mass is 32.2.